The lowest BCUT2D eigenvalue weighted by Gasteiger charge is -1.98. The van der Waals surface area contributed by atoms with Crippen LogP contribution in [-0.2, 0) is 0 Å². The van der Waals surface area contributed by atoms with Crippen LogP contribution in [0.2, 0.25) is 0 Å². The van der Waals surface area contributed by atoms with Gasteiger partial charge in [-0.2, -0.15) is 0 Å². The van der Waals surface area contributed by atoms with E-state index < -0.39 is 0 Å². The smallest absolute Gasteiger partial charge is 0.0662 e. The molecule has 0 amide bonds. The van der Waals surface area contributed by atoms with Crippen molar-refractivity contribution in [2.24, 2.45) is 0 Å². The van der Waals surface area contributed by atoms with Crippen LogP contribution in [0.1, 0.15) is 33.1 Å². The van der Waals surface area contributed by atoms with E-state index in [-0.39, 0.29) is 19.3 Å². The molecule has 0 bridgehead atoms. The average Bonchev–Trinajstić information content (AvgIpc) is 2.01. The third kappa shape index (κ3) is 25.8. The van der Waals surface area contributed by atoms with Crippen LogP contribution in [0.25, 0.3) is 0 Å². The van der Waals surface area contributed by atoms with Crippen LogP contribution >= 0.6 is 0 Å². The Morgan fingerprint density at radius 3 is 1.73 bits per heavy atom. The molecule has 0 aromatic heterocycles. The molecule has 0 fully saturated rings. The Kier molecular flexibility index (Phi) is 15.4. The lowest BCUT2D eigenvalue weighted by atomic mass is 10.2. The number of aliphatic hydroxyl groups is 3. The fourth-order valence-electron chi connectivity index (χ4n) is 0.500. The van der Waals surface area contributed by atoms with Gasteiger partial charge in [-0.25, -0.2) is 0 Å². The Labute approximate surface area is 68.7 Å². The molecule has 0 aromatic carbocycles. The average molecular weight is 164 g/mol. The second-order valence-electron chi connectivity index (χ2n) is 2.44. The van der Waals surface area contributed by atoms with Crippen molar-refractivity contribution in [2.45, 2.75) is 39.2 Å². The van der Waals surface area contributed by atoms with Crippen molar-refractivity contribution in [3.8, 4) is 0 Å². The fourth-order valence-corrected chi connectivity index (χ4v) is 0.500. The Morgan fingerprint density at radius 2 is 1.64 bits per heavy atom. The van der Waals surface area contributed by atoms with Gasteiger partial charge in [0.2, 0.25) is 0 Å². The highest BCUT2D eigenvalue weighted by atomic mass is 16.3. The zero-order valence-electron chi connectivity index (χ0n) is 7.45. The number of aliphatic hydroxyl groups excluding tert-OH is 3. The fraction of sp³-hybridized carbons (Fsp3) is 1.00. The van der Waals surface area contributed by atoms with Gasteiger partial charge < -0.3 is 15.3 Å². The number of rotatable bonds is 4. The van der Waals surface area contributed by atoms with E-state index in [1.54, 1.807) is 0 Å². The predicted molar refractivity (Wildman–Crippen MR) is 45.4 cm³/mol. The first-order chi connectivity index (χ1) is 5.18. The second kappa shape index (κ2) is 12.5. The summed E-state index contributed by atoms with van der Waals surface area (Å²) in [6.07, 6.45) is 3.19. The van der Waals surface area contributed by atoms with Crippen molar-refractivity contribution in [3.05, 3.63) is 0 Å². The number of hydrogen-bond donors (Lipinski definition) is 3. The predicted octanol–water partition coefficient (Wildman–Crippen LogP) is 0.528. The van der Waals surface area contributed by atoms with E-state index in [4.69, 9.17) is 15.3 Å². The van der Waals surface area contributed by atoms with Gasteiger partial charge in [0, 0.05) is 0 Å². The first-order valence-corrected chi connectivity index (χ1v) is 4.08. The molecule has 3 nitrogen and oxygen atoms in total. The van der Waals surface area contributed by atoms with Gasteiger partial charge in [0.15, 0.2) is 0 Å². The summed E-state index contributed by atoms with van der Waals surface area (Å²) in [6, 6.07) is 0. The van der Waals surface area contributed by atoms with Crippen LogP contribution in [0.5, 0.6) is 0 Å². The maximum absolute atomic E-state index is 8.68. The molecule has 0 aliphatic carbocycles. The maximum atomic E-state index is 8.68. The van der Waals surface area contributed by atoms with E-state index in [9.17, 15) is 0 Å². The van der Waals surface area contributed by atoms with Gasteiger partial charge >= 0.3 is 0 Å². The van der Waals surface area contributed by atoms with Gasteiger partial charge in [0.05, 0.1) is 19.3 Å². The van der Waals surface area contributed by atoms with Gasteiger partial charge in [-0.1, -0.05) is 19.8 Å². The summed E-state index contributed by atoms with van der Waals surface area (Å²) < 4.78 is 0. The summed E-state index contributed by atoms with van der Waals surface area (Å²) in [5.41, 5.74) is 0. The molecular weight excluding hydrogens is 144 g/mol. The van der Waals surface area contributed by atoms with Gasteiger partial charge in [0.1, 0.15) is 0 Å². The molecule has 0 heterocycles. The highest BCUT2D eigenvalue weighted by Gasteiger charge is 1.90. The third-order valence-corrected chi connectivity index (χ3v) is 1.08. The quantitative estimate of drug-likeness (QED) is 0.568. The molecule has 0 rings (SSSR count). The normalized spacial score (nSPS) is 11.7. The summed E-state index contributed by atoms with van der Waals surface area (Å²) in [5, 5.41) is 23.9. The molecule has 0 aliphatic heterocycles. The van der Waals surface area contributed by atoms with Gasteiger partial charge in [-0.05, 0) is 13.3 Å². The molecule has 11 heavy (non-hydrogen) atoms. The SMILES string of the molecule is CCCCC(C)O.OCCO. The standard InChI is InChI=1S/C6H14O.C2H6O2/c1-3-4-5-6(2)7;3-1-2-4/h6-7H,3-5H2,1-2H3;3-4H,1-2H2. The monoisotopic (exact) mass is 164 g/mol. The van der Waals surface area contributed by atoms with E-state index in [0.29, 0.717) is 0 Å². The molecule has 3 N–H and O–H groups in total. The van der Waals surface area contributed by atoms with Crippen molar-refractivity contribution < 1.29 is 15.3 Å². The van der Waals surface area contributed by atoms with Crippen molar-refractivity contribution in [3.63, 3.8) is 0 Å². The first kappa shape index (κ1) is 13.5. The van der Waals surface area contributed by atoms with Crippen LogP contribution in [0.4, 0.5) is 0 Å². The van der Waals surface area contributed by atoms with Gasteiger partial charge in [-0.3, -0.25) is 0 Å². The highest BCUT2D eigenvalue weighted by Crippen LogP contribution is 1.97. The molecule has 0 saturated carbocycles. The van der Waals surface area contributed by atoms with Crippen molar-refractivity contribution >= 4 is 0 Å². The van der Waals surface area contributed by atoms with E-state index >= 15 is 0 Å². The minimum atomic E-state index is -0.125. The summed E-state index contributed by atoms with van der Waals surface area (Å²) >= 11 is 0. The Bertz CT molecular complexity index is 53.3. The topological polar surface area (TPSA) is 60.7 Å². The second-order valence-corrected chi connectivity index (χ2v) is 2.44. The minimum Gasteiger partial charge on any atom is -0.394 e. The lowest BCUT2D eigenvalue weighted by Crippen LogP contribution is -1.97. The Morgan fingerprint density at radius 1 is 1.18 bits per heavy atom. The summed E-state index contributed by atoms with van der Waals surface area (Å²) in [4.78, 5) is 0. The Balaban J connectivity index is 0. The number of hydrogen-bond acceptors (Lipinski definition) is 3. The van der Waals surface area contributed by atoms with E-state index in [1.807, 2.05) is 6.92 Å². The third-order valence-electron chi connectivity index (χ3n) is 1.08. The van der Waals surface area contributed by atoms with Gasteiger partial charge in [0.25, 0.3) is 0 Å². The molecule has 1 unspecified atom stereocenters. The van der Waals surface area contributed by atoms with Crippen LogP contribution < -0.4 is 0 Å². The highest BCUT2D eigenvalue weighted by molar-refractivity contribution is 4.43. The molecule has 0 radical (unpaired) electrons. The van der Waals surface area contributed by atoms with Crippen molar-refractivity contribution in [1.82, 2.24) is 0 Å². The van der Waals surface area contributed by atoms with Crippen LogP contribution in [0.15, 0.2) is 0 Å². The summed E-state index contributed by atoms with van der Waals surface area (Å²) in [6.45, 7) is 3.71. The van der Waals surface area contributed by atoms with Crippen LogP contribution in [-0.4, -0.2) is 34.6 Å². The first-order valence-electron chi connectivity index (χ1n) is 4.08. The van der Waals surface area contributed by atoms with Gasteiger partial charge in [-0.15, -0.1) is 0 Å². The summed E-state index contributed by atoms with van der Waals surface area (Å²) in [5.74, 6) is 0. The lowest BCUT2D eigenvalue weighted by molar-refractivity contribution is 0.181. The van der Waals surface area contributed by atoms with Crippen molar-refractivity contribution in [2.75, 3.05) is 13.2 Å². The molecular formula is C8H20O3. The van der Waals surface area contributed by atoms with E-state index in [1.165, 1.54) is 6.42 Å². The van der Waals surface area contributed by atoms with Crippen molar-refractivity contribution in [1.29, 1.82) is 0 Å². The largest absolute Gasteiger partial charge is 0.394 e. The molecule has 70 valence electrons. The van der Waals surface area contributed by atoms with Crippen LogP contribution in [0.3, 0.4) is 0 Å². The number of unbranched alkanes of at least 4 members (excludes halogenated alkanes) is 1. The van der Waals surface area contributed by atoms with Crippen LogP contribution in [0, 0.1) is 0 Å². The molecule has 0 spiro atoms. The molecule has 0 aliphatic rings. The Hall–Kier alpha value is -0.120. The zero-order valence-corrected chi connectivity index (χ0v) is 7.45. The maximum Gasteiger partial charge on any atom is 0.0662 e. The molecule has 1 atom stereocenters. The summed E-state index contributed by atoms with van der Waals surface area (Å²) in [7, 11) is 0. The van der Waals surface area contributed by atoms with E-state index in [0.717, 1.165) is 12.8 Å². The zero-order chi connectivity index (χ0) is 9.11. The minimum absolute atomic E-state index is 0.0973. The molecule has 3 heteroatoms. The molecule has 0 saturated heterocycles. The molecule has 0 aromatic rings. The van der Waals surface area contributed by atoms with E-state index in [2.05, 4.69) is 6.92 Å².